The van der Waals surface area contributed by atoms with Crippen molar-refractivity contribution in [2.24, 2.45) is 0 Å². The number of aliphatic hydroxyl groups is 2. The van der Waals surface area contributed by atoms with E-state index in [4.69, 9.17) is 9.52 Å². The Morgan fingerprint density at radius 2 is 1.91 bits per heavy atom. The van der Waals surface area contributed by atoms with Crippen LogP contribution >= 0.6 is 0 Å². The number of hydrogen-bond acceptors (Lipinski definition) is 5. The van der Waals surface area contributed by atoms with Crippen LogP contribution in [0.1, 0.15) is 23.8 Å². The van der Waals surface area contributed by atoms with Crippen molar-refractivity contribution in [1.29, 1.82) is 0 Å². The molecule has 0 fully saturated rings. The fraction of sp³-hybridized carbons (Fsp3) is 0.333. The number of furan rings is 1. The average Bonchev–Trinajstić information content (AvgIpc) is 3.01. The molecule has 0 spiro atoms. The van der Waals surface area contributed by atoms with Crippen molar-refractivity contribution in [3.63, 3.8) is 0 Å². The number of nitrogens with one attached hydrogen (secondary N) is 1. The maximum absolute atomic E-state index is 12.4. The van der Waals surface area contributed by atoms with Gasteiger partial charge in [-0.15, -0.1) is 0 Å². The molecule has 1 heterocycles. The van der Waals surface area contributed by atoms with Gasteiger partial charge < -0.3 is 14.6 Å². The van der Waals surface area contributed by atoms with Gasteiger partial charge in [-0.05, 0) is 37.6 Å². The largest absolute Gasteiger partial charge is 0.468 e. The minimum Gasteiger partial charge on any atom is -0.468 e. The fourth-order valence-corrected chi connectivity index (χ4v) is 3.25. The monoisotopic (exact) mass is 325 g/mol. The summed E-state index contributed by atoms with van der Waals surface area (Å²) in [6, 6.07) is 8.93. The van der Waals surface area contributed by atoms with E-state index in [-0.39, 0.29) is 11.3 Å². The Morgan fingerprint density at radius 3 is 2.45 bits per heavy atom. The number of benzene rings is 1. The van der Waals surface area contributed by atoms with E-state index in [1.165, 1.54) is 18.4 Å². The van der Waals surface area contributed by atoms with Gasteiger partial charge >= 0.3 is 0 Å². The number of aryl methyl sites for hydroxylation is 1. The SMILES string of the molecule is Cc1ccc(S(=O)(=O)N[C@H](C[C@H](O)CO)c2ccco2)cc1. The van der Waals surface area contributed by atoms with Gasteiger partial charge in [-0.25, -0.2) is 13.1 Å². The van der Waals surface area contributed by atoms with Gasteiger partial charge in [0.05, 0.1) is 29.9 Å². The molecule has 0 unspecified atom stereocenters. The van der Waals surface area contributed by atoms with Crippen LogP contribution in [0.15, 0.2) is 52.0 Å². The summed E-state index contributed by atoms with van der Waals surface area (Å²) in [6.45, 7) is 1.41. The summed E-state index contributed by atoms with van der Waals surface area (Å²) in [5.74, 6) is 0.378. The molecule has 2 aromatic rings. The summed E-state index contributed by atoms with van der Waals surface area (Å²) in [7, 11) is -3.76. The third-order valence-corrected chi connectivity index (χ3v) is 4.72. The lowest BCUT2D eigenvalue weighted by molar-refractivity contribution is 0.0791. The molecule has 0 aliphatic heterocycles. The summed E-state index contributed by atoms with van der Waals surface area (Å²) in [6.07, 6.45) is 0.388. The maximum atomic E-state index is 12.4. The number of rotatable bonds is 7. The molecule has 0 saturated carbocycles. The zero-order valence-corrected chi connectivity index (χ0v) is 13.0. The van der Waals surface area contributed by atoms with E-state index in [0.29, 0.717) is 5.76 Å². The normalized spacial score (nSPS) is 14.7. The van der Waals surface area contributed by atoms with Crippen LogP contribution in [-0.4, -0.2) is 31.3 Å². The third kappa shape index (κ3) is 4.17. The van der Waals surface area contributed by atoms with E-state index >= 15 is 0 Å². The molecule has 120 valence electrons. The van der Waals surface area contributed by atoms with Crippen LogP contribution in [0, 0.1) is 6.92 Å². The lowest BCUT2D eigenvalue weighted by Gasteiger charge is -2.19. The summed E-state index contributed by atoms with van der Waals surface area (Å²) in [4.78, 5) is 0.133. The molecule has 2 rings (SSSR count). The highest BCUT2D eigenvalue weighted by Gasteiger charge is 2.25. The first-order valence-corrected chi connectivity index (χ1v) is 8.32. The van der Waals surface area contributed by atoms with E-state index in [2.05, 4.69) is 4.72 Å². The number of sulfonamides is 1. The van der Waals surface area contributed by atoms with E-state index in [9.17, 15) is 13.5 Å². The molecule has 0 saturated heterocycles. The number of hydrogen-bond donors (Lipinski definition) is 3. The molecule has 7 heteroatoms. The smallest absolute Gasteiger partial charge is 0.241 e. The van der Waals surface area contributed by atoms with Gasteiger partial charge in [0.2, 0.25) is 10.0 Å². The quantitative estimate of drug-likeness (QED) is 0.713. The first-order valence-electron chi connectivity index (χ1n) is 6.83. The summed E-state index contributed by atoms with van der Waals surface area (Å²) >= 11 is 0. The van der Waals surface area contributed by atoms with Crippen LogP contribution < -0.4 is 4.72 Å². The minimum absolute atomic E-state index is 0.00903. The zero-order valence-electron chi connectivity index (χ0n) is 12.1. The summed E-state index contributed by atoms with van der Waals surface area (Å²) in [5, 5.41) is 18.6. The topological polar surface area (TPSA) is 99.8 Å². The minimum atomic E-state index is -3.76. The van der Waals surface area contributed by atoms with Crippen LogP contribution in [0.4, 0.5) is 0 Å². The van der Waals surface area contributed by atoms with Crippen LogP contribution in [0.25, 0.3) is 0 Å². The molecule has 0 radical (unpaired) electrons. The molecule has 1 aromatic carbocycles. The van der Waals surface area contributed by atoms with E-state index in [0.717, 1.165) is 5.56 Å². The molecule has 22 heavy (non-hydrogen) atoms. The second-order valence-electron chi connectivity index (χ2n) is 5.07. The molecule has 0 bridgehead atoms. The lowest BCUT2D eigenvalue weighted by atomic mass is 10.1. The first-order chi connectivity index (χ1) is 10.4. The Morgan fingerprint density at radius 1 is 1.23 bits per heavy atom. The van der Waals surface area contributed by atoms with Crippen LogP contribution in [0.2, 0.25) is 0 Å². The van der Waals surface area contributed by atoms with E-state index in [1.54, 1.807) is 24.3 Å². The second kappa shape index (κ2) is 7.06. The standard InChI is InChI=1S/C15H19NO5S/c1-11-4-6-13(7-5-11)22(19,20)16-14(9-12(18)10-17)15-3-2-8-21-15/h2-8,12,14,16-18H,9-10H2,1H3/t12-,14+/m0/s1. The summed E-state index contributed by atoms with van der Waals surface area (Å²) < 4.78 is 32.6. The van der Waals surface area contributed by atoms with Crippen molar-refractivity contribution >= 4 is 10.0 Å². The Hall–Kier alpha value is -1.67. The van der Waals surface area contributed by atoms with E-state index in [1.807, 2.05) is 6.92 Å². The second-order valence-corrected chi connectivity index (χ2v) is 6.79. The summed E-state index contributed by atoms with van der Waals surface area (Å²) in [5.41, 5.74) is 0.956. The Bertz CT molecular complexity index is 679. The van der Waals surface area contributed by atoms with E-state index < -0.39 is 28.8 Å². The maximum Gasteiger partial charge on any atom is 0.241 e. The highest BCUT2D eigenvalue weighted by molar-refractivity contribution is 7.89. The molecule has 2 atom stereocenters. The van der Waals surface area contributed by atoms with Crippen molar-refractivity contribution in [3.8, 4) is 0 Å². The highest BCUT2D eigenvalue weighted by Crippen LogP contribution is 2.22. The van der Waals surface area contributed by atoms with Crippen molar-refractivity contribution in [3.05, 3.63) is 54.0 Å². The Kier molecular flexibility index (Phi) is 5.36. The van der Waals surface area contributed by atoms with Gasteiger partial charge in [0.25, 0.3) is 0 Å². The predicted octanol–water partition coefficient (Wildman–Crippen LogP) is 1.35. The molecule has 1 aromatic heterocycles. The Balaban J connectivity index is 2.23. The van der Waals surface area contributed by atoms with Crippen LogP contribution in [-0.2, 0) is 10.0 Å². The molecular formula is C15H19NO5S. The van der Waals surface area contributed by atoms with Gasteiger partial charge in [-0.2, -0.15) is 0 Å². The molecule has 6 nitrogen and oxygen atoms in total. The van der Waals surface area contributed by atoms with Crippen molar-refractivity contribution in [1.82, 2.24) is 4.72 Å². The van der Waals surface area contributed by atoms with Crippen molar-refractivity contribution in [2.45, 2.75) is 30.4 Å². The van der Waals surface area contributed by atoms with Crippen LogP contribution in [0.5, 0.6) is 0 Å². The zero-order chi connectivity index (χ0) is 16.2. The molecule has 0 aliphatic carbocycles. The predicted molar refractivity (Wildman–Crippen MR) is 80.7 cm³/mol. The highest BCUT2D eigenvalue weighted by atomic mass is 32.2. The Labute approximate surface area is 129 Å². The van der Waals surface area contributed by atoms with Crippen molar-refractivity contribution < 1.29 is 23.0 Å². The molecular weight excluding hydrogens is 306 g/mol. The molecule has 3 N–H and O–H groups in total. The van der Waals surface area contributed by atoms with Gasteiger partial charge in [0, 0.05) is 0 Å². The first kappa shape index (κ1) is 16.7. The van der Waals surface area contributed by atoms with Gasteiger partial charge in [0.15, 0.2) is 0 Å². The molecule has 0 aliphatic rings. The molecule has 0 amide bonds. The van der Waals surface area contributed by atoms with Crippen molar-refractivity contribution in [2.75, 3.05) is 6.61 Å². The fourth-order valence-electron chi connectivity index (χ4n) is 2.03. The van der Waals surface area contributed by atoms with Gasteiger partial charge in [0.1, 0.15) is 5.76 Å². The van der Waals surface area contributed by atoms with Gasteiger partial charge in [-0.1, -0.05) is 17.7 Å². The lowest BCUT2D eigenvalue weighted by Crippen LogP contribution is -2.31. The van der Waals surface area contributed by atoms with Crippen LogP contribution in [0.3, 0.4) is 0 Å². The average molecular weight is 325 g/mol. The third-order valence-electron chi connectivity index (χ3n) is 3.23. The number of aliphatic hydroxyl groups excluding tert-OH is 2. The van der Waals surface area contributed by atoms with Gasteiger partial charge in [-0.3, -0.25) is 0 Å².